The molecule has 0 saturated heterocycles. The molecular formula is C12H13N5O5. The maximum atomic E-state index is 12.0. The van der Waals surface area contributed by atoms with Crippen LogP contribution in [-0.2, 0) is 11.3 Å². The Bertz CT molecular complexity index is 699. The van der Waals surface area contributed by atoms with Crippen molar-refractivity contribution in [2.45, 2.75) is 6.54 Å². The first kappa shape index (κ1) is 15.2. The second kappa shape index (κ2) is 6.52. The summed E-state index contributed by atoms with van der Waals surface area (Å²) in [6, 6.07) is 4.94. The molecule has 0 aliphatic carbocycles. The maximum absolute atomic E-state index is 12.0. The average Bonchev–Trinajstić information content (AvgIpc) is 2.95. The van der Waals surface area contributed by atoms with Crippen LogP contribution in [-0.4, -0.2) is 39.8 Å². The van der Waals surface area contributed by atoms with E-state index in [1.54, 1.807) is 18.2 Å². The lowest BCUT2D eigenvalue weighted by molar-refractivity contribution is -0.394. The van der Waals surface area contributed by atoms with Gasteiger partial charge in [-0.1, -0.05) is 4.98 Å². The van der Waals surface area contributed by atoms with Gasteiger partial charge in [-0.15, -0.1) is 0 Å². The van der Waals surface area contributed by atoms with Crippen LogP contribution in [0.25, 0.3) is 0 Å². The van der Waals surface area contributed by atoms with Crippen molar-refractivity contribution < 1.29 is 19.2 Å². The summed E-state index contributed by atoms with van der Waals surface area (Å²) in [6.07, 6.45) is 1.11. The van der Waals surface area contributed by atoms with Crippen LogP contribution in [0.1, 0.15) is 0 Å². The van der Waals surface area contributed by atoms with Crippen LogP contribution in [0.15, 0.2) is 24.5 Å². The molecule has 0 saturated carbocycles. The fourth-order valence-corrected chi connectivity index (χ4v) is 1.69. The Kier molecular flexibility index (Phi) is 4.51. The molecule has 0 atom stereocenters. The van der Waals surface area contributed by atoms with Gasteiger partial charge in [-0.05, 0) is 17.1 Å². The number of methoxy groups -OCH3 is 2. The molecule has 22 heavy (non-hydrogen) atoms. The van der Waals surface area contributed by atoms with E-state index in [-0.39, 0.29) is 6.54 Å². The summed E-state index contributed by atoms with van der Waals surface area (Å²) >= 11 is 0. The van der Waals surface area contributed by atoms with Gasteiger partial charge in [-0.25, -0.2) is 0 Å². The number of benzene rings is 1. The zero-order valence-electron chi connectivity index (χ0n) is 11.8. The quantitative estimate of drug-likeness (QED) is 0.620. The van der Waals surface area contributed by atoms with E-state index < -0.39 is 16.8 Å². The predicted molar refractivity (Wildman–Crippen MR) is 74.9 cm³/mol. The van der Waals surface area contributed by atoms with Crippen molar-refractivity contribution in [3.05, 3.63) is 34.6 Å². The fourth-order valence-electron chi connectivity index (χ4n) is 1.69. The van der Waals surface area contributed by atoms with E-state index in [2.05, 4.69) is 15.4 Å². The number of hydrogen-bond donors (Lipinski definition) is 1. The molecule has 0 fully saturated rings. The molecule has 1 N–H and O–H groups in total. The molecule has 1 aromatic carbocycles. The highest BCUT2D eigenvalue weighted by atomic mass is 16.6. The zero-order chi connectivity index (χ0) is 16.1. The van der Waals surface area contributed by atoms with Gasteiger partial charge in [0.1, 0.15) is 18.0 Å². The lowest BCUT2D eigenvalue weighted by Gasteiger charge is -2.11. The van der Waals surface area contributed by atoms with Gasteiger partial charge in [0.2, 0.25) is 12.2 Å². The van der Waals surface area contributed by atoms with E-state index in [4.69, 9.17) is 9.47 Å². The number of amides is 1. The highest BCUT2D eigenvalue weighted by molar-refractivity contribution is 5.92. The molecule has 1 aromatic heterocycles. The van der Waals surface area contributed by atoms with E-state index in [1.165, 1.54) is 14.2 Å². The van der Waals surface area contributed by atoms with Crippen molar-refractivity contribution in [3.8, 4) is 11.5 Å². The summed E-state index contributed by atoms with van der Waals surface area (Å²) in [7, 11) is 2.97. The molecule has 0 spiro atoms. The minimum absolute atomic E-state index is 0.221. The molecular weight excluding hydrogens is 294 g/mol. The van der Waals surface area contributed by atoms with Crippen LogP contribution in [0.5, 0.6) is 11.5 Å². The van der Waals surface area contributed by atoms with Gasteiger partial charge in [0, 0.05) is 11.2 Å². The van der Waals surface area contributed by atoms with Gasteiger partial charge in [-0.3, -0.25) is 4.79 Å². The molecule has 0 radical (unpaired) electrons. The Morgan fingerprint density at radius 3 is 2.77 bits per heavy atom. The lowest BCUT2D eigenvalue weighted by atomic mass is 10.2. The second-order valence-electron chi connectivity index (χ2n) is 4.11. The number of anilines is 1. The number of nitrogens with zero attached hydrogens (tertiary/aromatic N) is 4. The lowest BCUT2D eigenvalue weighted by Crippen LogP contribution is -2.19. The number of carbonyl (C=O) groups excluding carboxylic acids is 1. The zero-order valence-corrected chi connectivity index (χ0v) is 11.8. The van der Waals surface area contributed by atoms with Crippen LogP contribution in [0, 0.1) is 10.1 Å². The number of hydrogen-bond acceptors (Lipinski definition) is 7. The number of ether oxygens (including phenoxy) is 2. The van der Waals surface area contributed by atoms with Crippen molar-refractivity contribution in [3.63, 3.8) is 0 Å². The summed E-state index contributed by atoms with van der Waals surface area (Å²) in [5, 5.41) is 16.7. The van der Waals surface area contributed by atoms with Crippen LogP contribution >= 0.6 is 0 Å². The third-order valence-corrected chi connectivity index (χ3v) is 2.67. The number of nitro groups is 1. The molecule has 1 amide bonds. The smallest absolute Gasteiger partial charge is 0.490 e. The average molecular weight is 307 g/mol. The topological polar surface area (TPSA) is 121 Å². The SMILES string of the molecule is COc1ccc(OC)c(NC(=O)Cn2cnc([N+](=O)[O-])n2)c1. The highest BCUT2D eigenvalue weighted by Gasteiger charge is 2.16. The Morgan fingerprint density at radius 1 is 1.41 bits per heavy atom. The summed E-state index contributed by atoms with van der Waals surface area (Å²) < 4.78 is 11.3. The molecule has 116 valence electrons. The monoisotopic (exact) mass is 307 g/mol. The van der Waals surface area contributed by atoms with Crippen molar-refractivity contribution in [2.75, 3.05) is 19.5 Å². The van der Waals surface area contributed by atoms with E-state index in [0.29, 0.717) is 17.2 Å². The predicted octanol–water partition coefficient (Wildman–Crippen LogP) is 0.842. The summed E-state index contributed by atoms with van der Waals surface area (Å²) in [4.78, 5) is 25.2. The normalized spacial score (nSPS) is 10.1. The third kappa shape index (κ3) is 3.48. The number of carbonyl (C=O) groups is 1. The first-order chi connectivity index (χ1) is 10.5. The van der Waals surface area contributed by atoms with Crippen LogP contribution in [0.3, 0.4) is 0 Å². The van der Waals surface area contributed by atoms with Gasteiger partial charge >= 0.3 is 5.95 Å². The Hall–Kier alpha value is -3.17. The molecule has 2 rings (SSSR count). The van der Waals surface area contributed by atoms with Gasteiger partial charge in [0.05, 0.1) is 19.9 Å². The standard InChI is InChI=1S/C12H13N5O5/c1-21-8-3-4-10(22-2)9(5-8)14-11(18)6-16-7-13-12(15-16)17(19)20/h3-5,7H,6H2,1-2H3,(H,14,18). The van der Waals surface area contributed by atoms with Gasteiger partial charge in [0.25, 0.3) is 0 Å². The van der Waals surface area contributed by atoms with Crippen molar-refractivity contribution in [1.29, 1.82) is 0 Å². The largest absolute Gasteiger partial charge is 0.497 e. The molecule has 0 bridgehead atoms. The van der Waals surface area contributed by atoms with E-state index in [9.17, 15) is 14.9 Å². The number of nitrogens with one attached hydrogen (secondary N) is 1. The van der Waals surface area contributed by atoms with Gasteiger partial charge < -0.3 is 24.9 Å². The molecule has 0 aliphatic heterocycles. The van der Waals surface area contributed by atoms with E-state index in [1.807, 2.05) is 0 Å². The van der Waals surface area contributed by atoms with Gasteiger partial charge in [0.15, 0.2) is 0 Å². The highest BCUT2D eigenvalue weighted by Crippen LogP contribution is 2.28. The maximum Gasteiger partial charge on any atom is 0.490 e. The molecule has 1 heterocycles. The van der Waals surface area contributed by atoms with Crippen LogP contribution in [0.2, 0.25) is 0 Å². The van der Waals surface area contributed by atoms with Crippen LogP contribution in [0.4, 0.5) is 11.6 Å². The summed E-state index contributed by atoms with van der Waals surface area (Å²) in [5.41, 5.74) is 0.418. The molecule has 0 aliphatic rings. The summed E-state index contributed by atoms with van der Waals surface area (Å²) in [6.45, 7) is -0.221. The first-order valence-corrected chi connectivity index (χ1v) is 6.09. The van der Waals surface area contributed by atoms with Crippen molar-refractivity contribution in [2.24, 2.45) is 0 Å². The number of aromatic nitrogens is 3. The van der Waals surface area contributed by atoms with E-state index in [0.717, 1.165) is 11.0 Å². The summed E-state index contributed by atoms with van der Waals surface area (Å²) in [5.74, 6) is 0.00401. The van der Waals surface area contributed by atoms with Crippen molar-refractivity contribution in [1.82, 2.24) is 14.8 Å². The van der Waals surface area contributed by atoms with Crippen LogP contribution < -0.4 is 14.8 Å². The van der Waals surface area contributed by atoms with Gasteiger partial charge in [-0.2, -0.15) is 4.68 Å². The first-order valence-electron chi connectivity index (χ1n) is 6.09. The Morgan fingerprint density at radius 2 is 2.18 bits per heavy atom. The minimum atomic E-state index is -0.737. The Balaban J connectivity index is 2.09. The second-order valence-corrected chi connectivity index (χ2v) is 4.11. The molecule has 10 heteroatoms. The molecule has 2 aromatic rings. The Labute approximate surface area is 124 Å². The minimum Gasteiger partial charge on any atom is -0.497 e. The molecule has 10 nitrogen and oxygen atoms in total. The number of rotatable bonds is 6. The third-order valence-electron chi connectivity index (χ3n) is 2.67. The fraction of sp³-hybridized carbons (Fsp3) is 0.250. The molecule has 0 unspecified atom stereocenters. The van der Waals surface area contributed by atoms with Crippen molar-refractivity contribution >= 4 is 17.5 Å². The van der Waals surface area contributed by atoms with E-state index >= 15 is 0 Å².